The Labute approximate surface area is 120 Å². The predicted octanol–water partition coefficient (Wildman–Crippen LogP) is 1.74. The minimum atomic E-state index is 0.0857. The maximum atomic E-state index is 12.2. The minimum absolute atomic E-state index is 0.0857. The molecule has 110 valence electrons. The fraction of sp³-hybridized carbons (Fsp3) is 0.562. The van der Waals surface area contributed by atoms with Gasteiger partial charge in [-0.2, -0.15) is 0 Å². The molecule has 2 N–H and O–H groups in total. The molecule has 4 heteroatoms. The SMILES string of the molecule is COc1ccc(CC(=O)NC2C(C)CCNC2C)cc1. The van der Waals surface area contributed by atoms with Crippen molar-refractivity contribution in [1.82, 2.24) is 10.6 Å². The monoisotopic (exact) mass is 276 g/mol. The van der Waals surface area contributed by atoms with Crippen molar-refractivity contribution < 1.29 is 9.53 Å². The lowest BCUT2D eigenvalue weighted by atomic mass is 9.89. The fourth-order valence-electron chi connectivity index (χ4n) is 2.77. The van der Waals surface area contributed by atoms with Crippen LogP contribution in [-0.4, -0.2) is 31.6 Å². The first-order valence-electron chi connectivity index (χ1n) is 7.26. The number of hydrogen-bond donors (Lipinski definition) is 2. The van der Waals surface area contributed by atoms with E-state index in [-0.39, 0.29) is 11.9 Å². The van der Waals surface area contributed by atoms with E-state index in [9.17, 15) is 4.79 Å². The summed E-state index contributed by atoms with van der Waals surface area (Å²) in [5.41, 5.74) is 1.01. The van der Waals surface area contributed by atoms with E-state index in [1.165, 1.54) is 0 Å². The highest BCUT2D eigenvalue weighted by Gasteiger charge is 2.28. The Hall–Kier alpha value is -1.55. The Balaban J connectivity index is 1.90. The van der Waals surface area contributed by atoms with Crippen molar-refractivity contribution in [2.24, 2.45) is 5.92 Å². The zero-order chi connectivity index (χ0) is 14.5. The first-order chi connectivity index (χ1) is 9.60. The molecule has 0 spiro atoms. The molecule has 1 aromatic rings. The van der Waals surface area contributed by atoms with Gasteiger partial charge in [0.05, 0.1) is 13.5 Å². The lowest BCUT2D eigenvalue weighted by Crippen LogP contribution is -2.56. The standard InChI is InChI=1S/C16H24N2O2/c1-11-8-9-17-12(2)16(11)18-15(19)10-13-4-6-14(20-3)7-5-13/h4-7,11-12,16-17H,8-10H2,1-3H3,(H,18,19). The average molecular weight is 276 g/mol. The average Bonchev–Trinajstić information content (AvgIpc) is 2.44. The maximum absolute atomic E-state index is 12.2. The van der Waals surface area contributed by atoms with Crippen molar-refractivity contribution >= 4 is 5.91 Å². The highest BCUT2D eigenvalue weighted by atomic mass is 16.5. The van der Waals surface area contributed by atoms with Gasteiger partial charge in [0, 0.05) is 12.1 Å². The van der Waals surface area contributed by atoms with Crippen LogP contribution in [0.1, 0.15) is 25.8 Å². The Morgan fingerprint density at radius 3 is 2.65 bits per heavy atom. The first-order valence-corrected chi connectivity index (χ1v) is 7.26. The number of hydrogen-bond acceptors (Lipinski definition) is 3. The molecule has 2 rings (SSSR count). The summed E-state index contributed by atoms with van der Waals surface area (Å²) >= 11 is 0. The lowest BCUT2D eigenvalue weighted by Gasteiger charge is -2.36. The second-order valence-corrected chi connectivity index (χ2v) is 5.63. The third kappa shape index (κ3) is 3.73. The summed E-state index contributed by atoms with van der Waals surface area (Å²) in [7, 11) is 1.64. The molecule has 0 saturated carbocycles. The van der Waals surface area contributed by atoms with Crippen LogP contribution >= 0.6 is 0 Å². The molecule has 20 heavy (non-hydrogen) atoms. The number of carbonyl (C=O) groups is 1. The van der Waals surface area contributed by atoms with Gasteiger partial charge in [-0.05, 0) is 43.5 Å². The summed E-state index contributed by atoms with van der Waals surface area (Å²) in [6.45, 7) is 5.37. The molecule has 1 fully saturated rings. The Morgan fingerprint density at radius 2 is 2.05 bits per heavy atom. The van der Waals surface area contributed by atoms with Gasteiger partial charge in [-0.25, -0.2) is 0 Å². The molecule has 1 saturated heterocycles. The van der Waals surface area contributed by atoms with Crippen molar-refractivity contribution in [3.63, 3.8) is 0 Å². The molecule has 4 nitrogen and oxygen atoms in total. The second kappa shape index (κ2) is 6.75. The zero-order valence-electron chi connectivity index (χ0n) is 12.5. The highest BCUT2D eigenvalue weighted by Crippen LogP contribution is 2.17. The lowest BCUT2D eigenvalue weighted by molar-refractivity contribution is -0.121. The van der Waals surface area contributed by atoms with Crippen molar-refractivity contribution in [2.75, 3.05) is 13.7 Å². The molecular formula is C16H24N2O2. The topological polar surface area (TPSA) is 50.4 Å². The Morgan fingerprint density at radius 1 is 1.35 bits per heavy atom. The molecule has 1 aliphatic rings. The van der Waals surface area contributed by atoms with Crippen molar-refractivity contribution in [1.29, 1.82) is 0 Å². The van der Waals surface area contributed by atoms with E-state index in [2.05, 4.69) is 24.5 Å². The number of nitrogens with one attached hydrogen (secondary N) is 2. The zero-order valence-corrected chi connectivity index (χ0v) is 12.5. The van der Waals surface area contributed by atoms with Crippen LogP contribution in [0.15, 0.2) is 24.3 Å². The molecule has 1 heterocycles. The number of ether oxygens (including phenoxy) is 1. The summed E-state index contributed by atoms with van der Waals surface area (Å²) in [6.07, 6.45) is 1.53. The van der Waals surface area contributed by atoms with Gasteiger partial charge < -0.3 is 15.4 Å². The minimum Gasteiger partial charge on any atom is -0.497 e. The summed E-state index contributed by atoms with van der Waals surface area (Å²) in [5, 5.41) is 6.58. The van der Waals surface area contributed by atoms with Gasteiger partial charge in [0.25, 0.3) is 0 Å². The third-order valence-electron chi connectivity index (χ3n) is 4.07. The number of rotatable bonds is 4. The molecule has 3 unspecified atom stereocenters. The predicted molar refractivity (Wildman–Crippen MR) is 79.9 cm³/mol. The van der Waals surface area contributed by atoms with Crippen LogP contribution in [0, 0.1) is 5.92 Å². The quantitative estimate of drug-likeness (QED) is 0.880. The number of methoxy groups -OCH3 is 1. The molecule has 1 aromatic carbocycles. The van der Waals surface area contributed by atoms with E-state index in [1.54, 1.807) is 7.11 Å². The van der Waals surface area contributed by atoms with Crippen LogP contribution < -0.4 is 15.4 Å². The number of benzene rings is 1. The second-order valence-electron chi connectivity index (χ2n) is 5.63. The summed E-state index contributed by atoms with van der Waals surface area (Å²) in [6, 6.07) is 8.19. The number of amides is 1. The van der Waals surface area contributed by atoms with E-state index < -0.39 is 0 Å². The number of carbonyl (C=O) groups excluding carboxylic acids is 1. The molecule has 1 aliphatic heterocycles. The molecule has 1 amide bonds. The molecule has 0 aliphatic carbocycles. The van der Waals surface area contributed by atoms with E-state index in [0.717, 1.165) is 24.3 Å². The molecule has 0 bridgehead atoms. The van der Waals surface area contributed by atoms with Crippen LogP contribution in [0.25, 0.3) is 0 Å². The van der Waals surface area contributed by atoms with Crippen LogP contribution in [0.4, 0.5) is 0 Å². The van der Waals surface area contributed by atoms with E-state index in [4.69, 9.17) is 4.74 Å². The van der Waals surface area contributed by atoms with Crippen LogP contribution in [0.5, 0.6) is 5.75 Å². The van der Waals surface area contributed by atoms with Crippen LogP contribution in [-0.2, 0) is 11.2 Å². The van der Waals surface area contributed by atoms with Gasteiger partial charge in [-0.1, -0.05) is 19.1 Å². The Bertz CT molecular complexity index is 434. The fourth-order valence-corrected chi connectivity index (χ4v) is 2.77. The first kappa shape index (κ1) is 14.9. The van der Waals surface area contributed by atoms with E-state index >= 15 is 0 Å². The normalized spacial score (nSPS) is 26.1. The largest absolute Gasteiger partial charge is 0.497 e. The van der Waals surface area contributed by atoms with E-state index in [0.29, 0.717) is 18.4 Å². The Kier molecular flexibility index (Phi) is 5.01. The summed E-state index contributed by atoms with van der Waals surface area (Å²) < 4.78 is 5.11. The van der Waals surface area contributed by atoms with Gasteiger partial charge in [0.15, 0.2) is 0 Å². The summed E-state index contributed by atoms with van der Waals surface area (Å²) in [4.78, 5) is 12.2. The third-order valence-corrected chi connectivity index (χ3v) is 4.07. The number of piperidine rings is 1. The molecular weight excluding hydrogens is 252 g/mol. The van der Waals surface area contributed by atoms with Crippen LogP contribution in [0.2, 0.25) is 0 Å². The van der Waals surface area contributed by atoms with Gasteiger partial charge in [0.2, 0.25) is 5.91 Å². The van der Waals surface area contributed by atoms with Crippen LogP contribution in [0.3, 0.4) is 0 Å². The van der Waals surface area contributed by atoms with Crippen molar-refractivity contribution in [3.05, 3.63) is 29.8 Å². The van der Waals surface area contributed by atoms with Crippen molar-refractivity contribution in [2.45, 2.75) is 38.8 Å². The van der Waals surface area contributed by atoms with Gasteiger partial charge in [-0.15, -0.1) is 0 Å². The molecule has 0 radical (unpaired) electrons. The van der Waals surface area contributed by atoms with Crippen molar-refractivity contribution in [3.8, 4) is 5.75 Å². The summed E-state index contributed by atoms with van der Waals surface area (Å²) in [5.74, 6) is 1.42. The smallest absolute Gasteiger partial charge is 0.224 e. The highest BCUT2D eigenvalue weighted by molar-refractivity contribution is 5.79. The maximum Gasteiger partial charge on any atom is 0.224 e. The molecule has 0 aromatic heterocycles. The van der Waals surface area contributed by atoms with Gasteiger partial charge >= 0.3 is 0 Å². The van der Waals surface area contributed by atoms with Gasteiger partial charge in [0.1, 0.15) is 5.75 Å². The van der Waals surface area contributed by atoms with E-state index in [1.807, 2.05) is 24.3 Å². The molecule has 3 atom stereocenters. The van der Waals surface area contributed by atoms with Gasteiger partial charge in [-0.3, -0.25) is 4.79 Å².